The van der Waals surface area contributed by atoms with Crippen LogP contribution in [0.5, 0.6) is 0 Å². The molecule has 90 valence electrons. The molecule has 0 spiro atoms. The van der Waals surface area contributed by atoms with Crippen LogP contribution in [0.4, 0.5) is 0 Å². The lowest BCUT2D eigenvalue weighted by molar-refractivity contribution is 0.447. The van der Waals surface area contributed by atoms with Crippen LogP contribution in [0.3, 0.4) is 0 Å². The molecular weight excluding hydrogens is 280 g/mol. The van der Waals surface area contributed by atoms with Crippen molar-refractivity contribution in [2.45, 2.75) is 25.7 Å². The van der Waals surface area contributed by atoms with Crippen molar-refractivity contribution in [1.29, 1.82) is 0 Å². The lowest BCUT2D eigenvalue weighted by Crippen LogP contribution is -2.28. The first-order valence-corrected chi connectivity index (χ1v) is 6.76. The Kier molecular flexibility index (Phi) is 2.88. The fraction of sp³-hybridized carbons (Fsp3) is 0.500. The number of piperidine rings is 1. The summed E-state index contributed by atoms with van der Waals surface area (Å²) in [5, 5.41) is 7.98. The molecule has 0 aliphatic carbocycles. The third-order valence-electron chi connectivity index (χ3n) is 3.29. The Hall–Kier alpha value is -0.940. The molecular formula is C12H15BrN4. The van der Waals surface area contributed by atoms with Gasteiger partial charge in [-0.1, -0.05) is 0 Å². The average Bonchev–Trinajstić information content (AvgIpc) is 2.74. The van der Waals surface area contributed by atoms with Crippen LogP contribution < -0.4 is 5.32 Å². The zero-order chi connectivity index (χ0) is 11.8. The van der Waals surface area contributed by atoms with Gasteiger partial charge >= 0.3 is 0 Å². The van der Waals surface area contributed by atoms with Crippen LogP contribution in [-0.2, 0) is 0 Å². The van der Waals surface area contributed by atoms with Crippen LogP contribution in [0, 0.1) is 6.92 Å². The van der Waals surface area contributed by atoms with Gasteiger partial charge in [-0.05, 0) is 53.9 Å². The van der Waals surface area contributed by atoms with Crippen LogP contribution >= 0.6 is 15.9 Å². The molecule has 2 aromatic rings. The van der Waals surface area contributed by atoms with Gasteiger partial charge in [0, 0.05) is 23.1 Å². The van der Waals surface area contributed by atoms with Gasteiger partial charge in [0.1, 0.15) is 0 Å². The van der Waals surface area contributed by atoms with Gasteiger partial charge in [-0.2, -0.15) is 5.10 Å². The predicted molar refractivity (Wildman–Crippen MR) is 70.3 cm³/mol. The Balaban J connectivity index is 2.00. The molecule has 0 amide bonds. The predicted octanol–water partition coefficient (Wildman–Crippen LogP) is 2.27. The minimum absolute atomic E-state index is 0.461. The highest BCUT2D eigenvalue weighted by Crippen LogP contribution is 2.22. The number of halogens is 1. The van der Waals surface area contributed by atoms with E-state index in [0.717, 1.165) is 29.0 Å². The standard InChI is InChI=1S/C12H15BrN4/c1-8-5-11-15-12(9-3-2-4-14-6-9)16-17(11)7-10(8)13/h5,7,9,14H,2-4,6H2,1H3. The van der Waals surface area contributed by atoms with E-state index in [9.17, 15) is 0 Å². The number of aryl methyl sites for hydroxylation is 1. The average molecular weight is 295 g/mol. The van der Waals surface area contributed by atoms with E-state index in [-0.39, 0.29) is 0 Å². The molecule has 0 saturated carbocycles. The number of nitrogens with one attached hydrogen (secondary N) is 1. The van der Waals surface area contributed by atoms with Crippen molar-refractivity contribution in [3.8, 4) is 0 Å². The van der Waals surface area contributed by atoms with Crippen LogP contribution in [0.2, 0.25) is 0 Å². The van der Waals surface area contributed by atoms with E-state index in [1.807, 2.05) is 10.7 Å². The van der Waals surface area contributed by atoms with Crippen molar-refractivity contribution < 1.29 is 0 Å². The van der Waals surface area contributed by atoms with Gasteiger partial charge < -0.3 is 5.32 Å². The molecule has 17 heavy (non-hydrogen) atoms. The maximum Gasteiger partial charge on any atom is 0.156 e. The highest BCUT2D eigenvalue weighted by atomic mass is 79.9. The maximum atomic E-state index is 4.63. The Morgan fingerprint density at radius 3 is 3.18 bits per heavy atom. The van der Waals surface area contributed by atoms with E-state index in [0.29, 0.717) is 5.92 Å². The second kappa shape index (κ2) is 4.38. The molecule has 3 rings (SSSR count). The number of rotatable bonds is 1. The highest BCUT2D eigenvalue weighted by Gasteiger charge is 2.19. The largest absolute Gasteiger partial charge is 0.316 e. The Morgan fingerprint density at radius 2 is 2.41 bits per heavy atom. The lowest BCUT2D eigenvalue weighted by atomic mass is 9.99. The highest BCUT2D eigenvalue weighted by molar-refractivity contribution is 9.10. The van der Waals surface area contributed by atoms with E-state index in [1.54, 1.807) is 0 Å². The summed E-state index contributed by atoms with van der Waals surface area (Å²) in [6.45, 7) is 4.19. The normalized spacial score (nSPS) is 20.9. The summed E-state index contributed by atoms with van der Waals surface area (Å²) in [4.78, 5) is 4.63. The van der Waals surface area contributed by atoms with Crippen LogP contribution in [0.1, 0.15) is 30.1 Å². The lowest BCUT2D eigenvalue weighted by Gasteiger charge is -2.19. The third-order valence-corrected chi connectivity index (χ3v) is 4.12. The monoisotopic (exact) mass is 294 g/mol. The summed E-state index contributed by atoms with van der Waals surface area (Å²) in [7, 11) is 0. The molecule has 1 aliphatic heterocycles. The molecule has 1 fully saturated rings. The van der Waals surface area contributed by atoms with Crippen molar-refractivity contribution >= 4 is 21.6 Å². The number of aromatic nitrogens is 3. The van der Waals surface area contributed by atoms with Crippen molar-refractivity contribution in [2.24, 2.45) is 0 Å². The van der Waals surface area contributed by atoms with Crippen molar-refractivity contribution in [1.82, 2.24) is 19.9 Å². The zero-order valence-electron chi connectivity index (χ0n) is 9.78. The number of fused-ring (bicyclic) bond motifs is 1. The molecule has 3 heterocycles. The molecule has 0 radical (unpaired) electrons. The molecule has 1 aliphatic rings. The van der Waals surface area contributed by atoms with Crippen LogP contribution in [-0.4, -0.2) is 27.7 Å². The summed E-state index contributed by atoms with van der Waals surface area (Å²) in [5.41, 5.74) is 2.13. The van der Waals surface area contributed by atoms with Gasteiger partial charge in [-0.15, -0.1) is 0 Å². The van der Waals surface area contributed by atoms with Gasteiger partial charge in [-0.3, -0.25) is 0 Å². The van der Waals surface area contributed by atoms with Gasteiger partial charge in [0.25, 0.3) is 0 Å². The van der Waals surface area contributed by atoms with E-state index >= 15 is 0 Å². The minimum Gasteiger partial charge on any atom is -0.316 e. The van der Waals surface area contributed by atoms with Gasteiger partial charge in [0.15, 0.2) is 11.5 Å². The molecule has 1 atom stereocenters. The number of hydrogen-bond acceptors (Lipinski definition) is 3. The van der Waals surface area contributed by atoms with Crippen LogP contribution in [0.15, 0.2) is 16.7 Å². The third kappa shape index (κ3) is 2.09. The van der Waals surface area contributed by atoms with Crippen molar-refractivity contribution in [3.05, 3.63) is 28.1 Å². The zero-order valence-corrected chi connectivity index (χ0v) is 11.4. The van der Waals surface area contributed by atoms with E-state index in [4.69, 9.17) is 0 Å². The smallest absolute Gasteiger partial charge is 0.156 e. The number of hydrogen-bond donors (Lipinski definition) is 1. The second-order valence-electron chi connectivity index (χ2n) is 4.62. The van der Waals surface area contributed by atoms with Gasteiger partial charge in [0.2, 0.25) is 0 Å². The van der Waals surface area contributed by atoms with E-state index in [2.05, 4.69) is 44.3 Å². The summed E-state index contributed by atoms with van der Waals surface area (Å²) >= 11 is 3.52. The fourth-order valence-corrected chi connectivity index (χ4v) is 2.57. The summed E-state index contributed by atoms with van der Waals surface area (Å²) in [6.07, 6.45) is 4.38. The molecule has 0 aromatic carbocycles. The summed E-state index contributed by atoms with van der Waals surface area (Å²) < 4.78 is 2.93. The minimum atomic E-state index is 0.461. The molecule has 4 nitrogen and oxygen atoms in total. The second-order valence-corrected chi connectivity index (χ2v) is 5.47. The van der Waals surface area contributed by atoms with E-state index < -0.39 is 0 Å². The van der Waals surface area contributed by atoms with E-state index in [1.165, 1.54) is 18.4 Å². The maximum absolute atomic E-state index is 4.63. The molecule has 2 aromatic heterocycles. The Bertz CT molecular complexity index is 504. The first-order chi connectivity index (χ1) is 8.24. The topological polar surface area (TPSA) is 42.2 Å². The van der Waals surface area contributed by atoms with Gasteiger partial charge in [-0.25, -0.2) is 9.50 Å². The quantitative estimate of drug-likeness (QED) is 0.877. The first kappa shape index (κ1) is 11.2. The molecule has 1 unspecified atom stereocenters. The molecule has 1 saturated heterocycles. The molecule has 0 bridgehead atoms. The molecule has 1 N–H and O–H groups in total. The summed E-state index contributed by atoms with van der Waals surface area (Å²) in [6, 6.07) is 2.07. The summed E-state index contributed by atoms with van der Waals surface area (Å²) in [5.74, 6) is 1.43. The Morgan fingerprint density at radius 1 is 1.53 bits per heavy atom. The molecule has 5 heteroatoms. The Labute approximate surface area is 109 Å². The van der Waals surface area contributed by atoms with Crippen molar-refractivity contribution in [2.75, 3.05) is 13.1 Å². The van der Waals surface area contributed by atoms with Gasteiger partial charge in [0.05, 0.1) is 0 Å². The fourth-order valence-electron chi connectivity index (χ4n) is 2.26. The number of pyridine rings is 1. The SMILES string of the molecule is Cc1cc2nc(C3CCCNC3)nn2cc1Br. The first-order valence-electron chi connectivity index (χ1n) is 5.97. The van der Waals surface area contributed by atoms with Crippen LogP contribution in [0.25, 0.3) is 5.65 Å². The number of nitrogens with zero attached hydrogens (tertiary/aromatic N) is 3. The van der Waals surface area contributed by atoms with Crippen molar-refractivity contribution in [3.63, 3.8) is 0 Å².